The molecule has 160 valence electrons. The lowest BCUT2D eigenvalue weighted by Gasteiger charge is -2.18. The molecule has 1 aromatic carbocycles. The second-order valence-corrected chi connectivity index (χ2v) is 7.47. The molecule has 4 N–H and O–H groups in total. The van der Waals surface area contributed by atoms with Gasteiger partial charge in [-0.2, -0.15) is 0 Å². The molecule has 2 aliphatic rings. The zero-order chi connectivity index (χ0) is 21.1. The van der Waals surface area contributed by atoms with Gasteiger partial charge in [-0.3, -0.25) is 4.79 Å². The van der Waals surface area contributed by atoms with E-state index in [2.05, 4.69) is 27.7 Å². The minimum absolute atomic E-state index is 0.0585. The summed E-state index contributed by atoms with van der Waals surface area (Å²) in [5.74, 6) is -3.59. The monoisotopic (exact) mass is 405 g/mol. The number of hydrogen-bond acceptors (Lipinski definition) is 5. The van der Waals surface area contributed by atoms with Gasteiger partial charge in [-0.1, -0.05) is 25.7 Å². The molecule has 0 bridgehead atoms. The molecule has 1 saturated heterocycles. The van der Waals surface area contributed by atoms with E-state index in [1.54, 1.807) is 0 Å². The molecule has 1 saturated carbocycles. The van der Waals surface area contributed by atoms with E-state index in [4.69, 9.17) is 19.8 Å². The van der Waals surface area contributed by atoms with Crippen molar-refractivity contribution in [3.8, 4) is 0 Å². The number of carbonyl (C=O) groups is 3. The minimum Gasteiger partial charge on any atom is -0.473 e. The molecule has 8 nitrogen and oxygen atoms in total. The standard InChI is InChI=1S/C19H29N3O.C2H2O4/c23-19(15-20-16-7-3-1-2-4-8-16)21-17-9-11-18(12-10-17)22-13-5-6-14-22;3-1(4)2(5)6/h9-12,16,20H,1-8,13-15H2,(H,21,23);(H,3,4)(H,5,6). The van der Waals surface area contributed by atoms with Crippen LogP contribution in [-0.4, -0.2) is 53.7 Å². The van der Waals surface area contributed by atoms with Crippen LogP contribution in [0.25, 0.3) is 0 Å². The Kier molecular flexibility index (Phi) is 9.43. The van der Waals surface area contributed by atoms with Gasteiger partial charge in [-0.15, -0.1) is 0 Å². The van der Waals surface area contributed by atoms with Gasteiger partial charge in [0.2, 0.25) is 5.91 Å². The molecule has 1 aromatic rings. The number of hydrogen-bond donors (Lipinski definition) is 4. The fraction of sp³-hybridized carbons (Fsp3) is 0.571. The van der Waals surface area contributed by atoms with Crippen LogP contribution >= 0.6 is 0 Å². The van der Waals surface area contributed by atoms with Gasteiger partial charge in [-0.05, 0) is 49.9 Å². The third kappa shape index (κ3) is 8.51. The van der Waals surface area contributed by atoms with E-state index >= 15 is 0 Å². The lowest BCUT2D eigenvalue weighted by Crippen LogP contribution is -2.35. The van der Waals surface area contributed by atoms with Gasteiger partial charge in [0.05, 0.1) is 6.54 Å². The number of nitrogens with zero attached hydrogens (tertiary/aromatic N) is 1. The first-order chi connectivity index (χ1) is 14.0. The number of rotatable bonds is 5. The number of amides is 1. The fourth-order valence-corrected chi connectivity index (χ4v) is 3.66. The van der Waals surface area contributed by atoms with Crippen LogP contribution < -0.4 is 15.5 Å². The van der Waals surface area contributed by atoms with E-state index in [9.17, 15) is 4.79 Å². The van der Waals surface area contributed by atoms with Crippen molar-refractivity contribution in [2.45, 2.75) is 57.4 Å². The minimum atomic E-state index is -1.82. The zero-order valence-electron chi connectivity index (χ0n) is 16.7. The molecule has 0 aromatic heterocycles. The summed E-state index contributed by atoms with van der Waals surface area (Å²) in [7, 11) is 0. The first-order valence-electron chi connectivity index (χ1n) is 10.3. The Hall–Kier alpha value is -2.61. The van der Waals surface area contributed by atoms with Gasteiger partial charge in [0.15, 0.2) is 0 Å². The summed E-state index contributed by atoms with van der Waals surface area (Å²) in [6, 6.07) is 8.76. The molecule has 3 rings (SSSR count). The summed E-state index contributed by atoms with van der Waals surface area (Å²) in [5, 5.41) is 21.2. The van der Waals surface area contributed by atoms with E-state index in [1.165, 1.54) is 57.1 Å². The molecule has 0 unspecified atom stereocenters. The van der Waals surface area contributed by atoms with Crippen molar-refractivity contribution in [2.75, 3.05) is 29.9 Å². The Morgan fingerprint density at radius 2 is 1.41 bits per heavy atom. The van der Waals surface area contributed by atoms with E-state index < -0.39 is 11.9 Å². The highest BCUT2D eigenvalue weighted by Gasteiger charge is 2.14. The van der Waals surface area contributed by atoms with Crippen LogP contribution in [-0.2, 0) is 14.4 Å². The molecule has 8 heteroatoms. The maximum absolute atomic E-state index is 12.1. The van der Waals surface area contributed by atoms with Crippen molar-refractivity contribution in [3.05, 3.63) is 24.3 Å². The second-order valence-electron chi connectivity index (χ2n) is 7.47. The number of aliphatic carboxylic acids is 2. The van der Waals surface area contributed by atoms with Gasteiger partial charge >= 0.3 is 11.9 Å². The van der Waals surface area contributed by atoms with Crippen molar-refractivity contribution in [1.29, 1.82) is 0 Å². The molecule has 0 spiro atoms. The highest BCUT2D eigenvalue weighted by atomic mass is 16.4. The van der Waals surface area contributed by atoms with Gasteiger partial charge in [0.1, 0.15) is 0 Å². The third-order valence-corrected chi connectivity index (χ3v) is 5.21. The number of carboxylic acids is 2. The Balaban J connectivity index is 0.000000438. The largest absolute Gasteiger partial charge is 0.473 e. The average Bonchev–Trinajstić information content (AvgIpc) is 3.11. The van der Waals surface area contributed by atoms with Crippen molar-refractivity contribution in [2.24, 2.45) is 0 Å². The Bertz CT molecular complexity index is 651. The Labute approximate surface area is 171 Å². The van der Waals surface area contributed by atoms with Crippen LogP contribution in [0.2, 0.25) is 0 Å². The summed E-state index contributed by atoms with van der Waals surface area (Å²) in [5.41, 5.74) is 2.15. The summed E-state index contributed by atoms with van der Waals surface area (Å²) >= 11 is 0. The van der Waals surface area contributed by atoms with E-state index in [0.717, 1.165) is 18.8 Å². The maximum atomic E-state index is 12.1. The lowest BCUT2D eigenvalue weighted by atomic mass is 10.1. The molecule has 2 fully saturated rings. The topological polar surface area (TPSA) is 119 Å². The van der Waals surface area contributed by atoms with Crippen LogP contribution in [0.5, 0.6) is 0 Å². The molecule has 0 radical (unpaired) electrons. The molecular weight excluding hydrogens is 374 g/mol. The number of carbonyl (C=O) groups excluding carboxylic acids is 1. The van der Waals surface area contributed by atoms with Crippen molar-refractivity contribution < 1.29 is 24.6 Å². The van der Waals surface area contributed by atoms with Crippen LogP contribution in [0.4, 0.5) is 11.4 Å². The number of anilines is 2. The molecule has 1 heterocycles. The van der Waals surface area contributed by atoms with Crippen LogP contribution in [0.15, 0.2) is 24.3 Å². The summed E-state index contributed by atoms with van der Waals surface area (Å²) in [6.45, 7) is 2.71. The quantitative estimate of drug-likeness (QED) is 0.439. The predicted octanol–water partition coefficient (Wildman–Crippen LogP) is 2.69. The van der Waals surface area contributed by atoms with E-state index in [1.807, 2.05) is 12.1 Å². The van der Waals surface area contributed by atoms with Crippen molar-refractivity contribution in [1.82, 2.24) is 5.32 Å². The average molecular weight is 405 g/mol. The molecule has 1 aliphatic carbocycles. The fourth-order valence-electron chi connectivity index (χ4n) is 3.66. The maximum Gasteiger partial charge on any atom is 0.414 e. The normalized spacial score (nSPS) is 17.0. The highest BCUT2D eigenvalue weighted by molar-refractivity contribution is 6.27. The summed E-state index contributed by atoms with van der Waals surface area (Å²) < 4.78 is 0. The molecule has 0 atom stereocenters. The van der Waals surface area contributed by atoms with Gasteiger partial charge < -0.3 is 25.7 Å². The van der Waals surface area contributed by atoms with Crippen LogP contribution in [0.1, 0.15) is 51.4 Å². The Morgan fingerprint density at radius 3 is 1.93 bits per heavy atom. The van der Waals surface area contributed by atoms with E-state index in [0.29, 0.717) is 12.6 Å². The van der Waals surface area contributed by atoms with Gasteiger partial charge in [-0.25, -0.2) is 9.59 Å². The zero-order valence-corrected chi connectivity index (χ0v) is 16.7. The lowest BCUT2D eigenvalue weighted by molar-refractivity contribution is -0.159. The van der Waals surface area contributed by atoms with Gasteiger partial charge in [0.25, 0.3) is 0 Å². The third-order valence-electron chi connectivity index (χ3n) is 5.21. The second kappa shape index (κ2) is 12.1. The molecular formula is C21H31N3O5. The first-order valence-corrected chi connectivity index (χ1v) is 10.3. The summed E-state index contributed by atoms with van der Waals surface area (Å²) in [4.78, 5) is 32.7. The predicted molar refractivity (Wildman–Crippen MR) is 111 cm³/mol. The van der Waals surface area contributed by atoms with E-state index in [-0.39, 0.29) is 5.91 Å². The SMILES string of the molecule is O=C(CNC1CCCCCC1)Nc1ccc(N2CCCC2)cc1.O=C(O)C(=O)O. The van der Waals surface area contributed by atoms with Crippen molar-refractivity contribution >= 4 is 29.2 Å². The smallest absolute Gasteiger partial charge is 0.414 e. The number of carboxylic acid groups (broad SMARTS) is 2. The highest BCUT2D eigenvalue weighted by Crippen LogP contribution is 2.22. The van der Waals surface area contributed by atoms with Crippen LogP contribution in [0.3, 0.4) is 0 Å². The molecule has 1 aliphatic heterocycles. The van der Waals surface area contributed by atoms with Crippen LogP contribution in [0, 0.1) is 0 Å². The van der Waals surface area contributed by atoms with Gasteiger partial charge in [0, 0.05) is 30.5 Å². The van der Waals surface area contributed by atoms with Crippen molar-refractivity contribution in [3.63, 3.8) is 0 Å². The molecule has 1 amide bonds. The molecule has 29 heavy (non-hydrogen) atoms. The summed E-state index contributed by atoms with van der Waals surface area (Å²) in [6.07, 6.45) is 10.2. The Morgan fingerprint density at radius 1 is 0.862 bits per heavy atom. The number of benzene rings is 1. The number of nitrogens with one attached hydrogen (secondary N) is 2. The first kappa shape index (κ1) is 22.7.